The van der Waals surface area contributed by atoms with Crippen molar-refractivity contribution in [3.05, 3.63) is 78.1 Å². The highest BCUT2D eigenvalue weighted by molar-refractivity contribution is 8.00. The van der Waals surface area contributed by atoms with E-state index in [1.807, 2.05) is 85.4 Å². The lowest BCUT2D eigenvalue weighted by Crippen LogP contribution is -2.28. The first kappa shape index (κ1) is 17.3. The number of hydrogen-bond donors (Lipinski definition) is 1. The summed E-state index contributed by atoms with van der Waals surface area (Å²) in [7, 11) is 0. The number of carbonyl (C=O) groups excluding carboxylic acids is 1. The van der Waals surface area contributed by atoms with Crippen molar-refractivity contribution in [1.82, 2.24) is 15.1 Å². The van der Waals surface area contributed by atoms with Crippen LogP contribution in [0.4, 0.5) is 0 Å². The zero-order valence-electron chi connectivity index (χ0n) is 14.3. The average Bonchev–Trinajstić information content (AvgIpc) is 3.03. The van der Waals surface area contributed by atoms with Gasteiger partial charge >= 0.3 is 0 Å². The molecular weight excluding hydrogens is 330 g/mol. The quantitative estimate of drug-likeness (QED) is 0.679. The monoisotopic (exact) mass is 351 g/mol. The maximum absolute atomic E-state index is 12.2. The third-order valence-electron chi connectivity index (χ3n) is 4.01. The Kier molecular flexibility index (Phi) is 5.56. The van der Waals surface area contributed by atoms with Gasteiger partial charge in [-0.2, -0.15) is 5.10 Å². The van der Waals surface area contributed by atoms with E-state index in [-0.39, 0.29) is 11.9 Å². The van der Waals surface area contributed by atoms with Crippen molar-refractivity contribution in [2.24, 2.45) is 0 Å². The standard InChI is InChI=1S/C20H21N3OS/c1-15(22-20(24)14-25-18-11-7-4-8-12-18)19-13-21-23(16(19)2)17-9-5-3-6-10-17/h3-13,15H,14H2,1-2H3,(H,22,24)/t15-/m1/s1. The molecule has 3 aromatic rings. The first-order valence-electron chi connectivity index (χ1n) is 8.22. The molecule has 1 heterocycles. The Morgan fingerprint density at radius 3 is 2.44 bits per heavy atom. The van der Waals surface area contributed by atoms with E-state index in [0.717, 1.165) is 21.8 Å². The topological polar surface area (TPSA) is 46.9 Å². The molecule has 25 heavy (non-hydrogen) atoms. The summed E-state index contributed by atoms with van der Waals surface area (Å²) < 4.78 is 1.90. The molecular formula is C20H21N3OS. The molecule has 1 amide bonds. The van der Waals surface area contributed by atoms with E-state index in [1.54, 1.807) is 0 Å². The molecule has 0 fully saturated rings. The zero-order chi connectivity index (χ0) is 17.6. The first-order chi connectivity index (χ1) is 12.1. The number of benzene rings is 2. The first-order valence-corrected chi connectivity index (χ1v) is 9.21. The number of amides is 1. The smallest absolute Gasteiger partial charge is 0.230 e. The highest BCUT2D eigenvalue weighted by atomic mass is 32.2. The van der Waals surface area contributed by atoms with E-state index in [0.29, 0.717) is 5.75 Å². The van der Waals surface area contributed by atoms with Crippen LogP contribution in [0.15, 0.2) is 71.8 Å². The van der Waals surface area contributed by atoms with Gasteiger partial charge in [0.1, 0.15) is 0 Å². The van der Waals surface area contributed by atoms with Gasteiger partial charge in [-0.15, -0.1) is 11.8 Å². The number of aromatic nitrogens is 2. The molecule has 0 bridgehead atoms. The average molecular weight is 351 g/mol. The number of nitrogens with zero attached hydrogens (tertiary/aromatic N) is 2. The Morgan fingerprint density at radius 1 is 1.12 bits per heavy atom. The number of carbonyl (C=O) groups is 1. The Balaban J connectivity index is 1.62. The molecule has 0 saturated heterocycles. The van der Waals surface area contributed by atoms with E-state index in [1.165, 1.54) is 11.8 Å². The van der Waals surface area contributed by atoms with Crippen LogP contribution in [0.1, 0.15) is 24.2 Å². The second kappa shape index (κ2) is 8.03. The van der Waals surface area contributed by atoms with Crippen LogP contribution in [-0.2, 0) is 4.79 Å². The summed E-state index contributed by atoms with van der Waals surface area (Å²) in [5, 5.41) is 7.53. The van der Waals surface area contributed by atoms with Gasteiger partial charge in [0.25, 0.3) is 0 Å². The number of thioether (sulfide) groups is 1. The Morgan fingerprint density at radius 2 is 1.76 bits per heavy atom. The Bertz CT molecular complexity index is 831. The molecule has 0 aliphatic rings. The summed E-state index contributed by atoms with van der Waals surface area (Å²) in [4.78, 5) is 13.3. The van der Waals surface area contributed by atoms with Gasteiger partial charge in [-0.25, -0.2) is 4.68 Å². The molecule has 4 nitrogen and oxygen atoms in total. The highest BCUT2D eigenvalue weighted by Gasteiger charge is 2.16. The molecule has 0 unspecified atom stereocenters. The molecule has 0 aliphatic carbocycles. The summed E-state index contributed by atoms with van der Waals surface area (Å²) in [6.45, 7) is 4.02. The van der Waals surface area contributed by atoms with Gasteiger partial charge in [-0.1, -0.05) is 36.4 Å². The second-order valence-electron chi connectivity index (χ2n) is 5.82. The van der Waals surface area contributed by atoms with E-state index < -0.39 is 0 Å². The van der Waals surface area contributed by atoms with Crippen LogP contribution < -0.4 is 5.32 Å². The fraction of sp³-hybridized carbons (Fsp3) is 0.200. The minimum atomic E-state index is -0.0821. The highest BCUT2D eigenvalue weighted by Crippen LogP contribution is 2.21. The molecule has 0 saturated carbocycles. The largest absolute Gasteiger partial charge is 0.349 e. The lowest BCUT2D eigenvalue weighted by molar-refractivity contribution is -0.119. The molecule has 0 radical (unpaired) electrons. The van der Waals surface area contributed by atoms with Crippen molar-refractivity contribution < 1.29 is 4.79 Å². The van der Waals surface area contributed by atoms with Crippen molar-refractivity contribution in [2.75, 3.05) is 5.75 Å². The predicted octanol–water partition coefficient (Wildman–Crippen LogP) is 4.15. The van der Waals surface area contributed by atoms with Gasteiger partial charge in [0.2, 0.25) is 5.91 Å². The van der Waals surface area contributed by atoms with Gasteiger partial charge in [0.05, 0.1) is 23.7 Å². The fourth-order valence-corrected chi connectivity index (χ4v) is 3.43. The molecule has 2 aromatic carbocycles. The minimum absolute atomic E-state index is 0.0215. The molecule has 1 atom stereocenters. The SMILES string of the molecule is Cc1c([C@@H](C)NC(=O)CSc2ccccc2)cnn1-c1ccccc1. The van der Waals surface area contributed by atoms with Crippen LogP contribution in [0.25, 0.3) is 5.69 Å². The van der Waals surface area contributed by atoms with Crippen LogP contribution >= 0.6 is 11.8 Å². The maximum atomic E-state index is 12.2. The van der Waals surface area contributed by atoms with E-state index in [9.17, 15) is 4.79 Å². The summed E-state index contributed by atoms with van der Waals surface area (Å²) in [5.74, 6) is 0.424. The van der Waals surface area contributed by atoms with E-state index >= 15 is 0 Å². The summed E-state index contributed by atoms with van der Waals surface area (Å²) in [6, 6.07) is 19.9. The van der Waals surface area contributed by atoms with Gasteiger partial charge in [-0.05, 0) is 38.1 Å². The molecule has 5 heteroatoms. The minimum Gasteiger partial charge on any atom is -0.349 e. The Hall–Kier alpha value is -2.53. The third-order valence-corrected chi connectivity index (χ3v) is 5.02. The third kappa shape index (κ3) is 4.31. The lowest BCUT2D eigenvalue weighted by atomic mass is 10.1. The summed E-state index contributed by atoms with van der Waals surface area (Å²) in [5.41, 5.74) is 3.08. The van der Waals surface area contributed by atoms with Gasteiger partial charge in [0, 0.05) is 16.2 Å². The van der Waals surface area contributed by atoms with Crippen molar-refractivity contribution in [1.29, 1.82) is 0 Å². The van der Waals surface area contributed by atoms with Crippen LogP contribution in [0, 0.1) is 6.92 Å². The summed E-state index contributed by atoms with van der Waals surface area (Å²) in [6.07, 6.45) is 1.83. The number of hydrogen-bond acceptors (Lipinski definition) is 3. The molecule has 0 aliphatic heterocycles. The van der Waals surface area contributed by atoms with Crippen LogP contribution in [0.5, 0.6) is 0 Å². The molecule has 1 N–H and O–H groups in total. The Labute approximate surface area is 152 Å². The molecule has 128 valence electrons. The van der Waals surface area contributed by atoms with E-state index in [2.05, 4.69) is 10.4 Å². The lowest BCUT2D eigenvalue weighted by Gasteiger charge is -2.14. The van der Waals surface area contributed by atoms with Crippen molar-refractivity contribution in [3.8, 4) is 5.69 Å². The number of rotatable bonds is 6. The number of nitrogens with one attached hydrogen (secondary N) is 1. The van der Waals surface area contributed by atoms with E-state index in [4.69, 9.17) is 0 Å². The predicted molar refractivity (Wildman–Crippen MR) is 102 cm³/mol. The molecule has 0 spiro atoms. The fourth-order valence-electron chi connectivity index (χ4n) is 2.70. The number of para-hydroxylation sites is 1. The molecule has 1 aromatic heterocycles. The second-order valence-corrected chi connectivity index (χ2v) is 6.87. The van der Waals surface area contributed by atoms with Gasteiger partial charge in [-0.3, -0.25) is 4.79 Å². The zero-order valence-corrected chi connectivity index (χ0v) is 15.2. The normalized spacial score (nSPS) is 11.9. The summed E-state index contributed by atoms with van der Waals surface area (Å²) >= 11 is 1.54. The van der Waals surface area contributed by atoms with Crippen molar-refractivity contribution in [3.63, 3.8) is 0 Å². The van der Waals surface area contributed by atoms with Crippen molar-refractivity contribution >= 4 is 17.7 Å². The van der Waals surface area contributed by atoms with Crippen LogP contribution in [0.2, 0.25) is 0 Å². The maximum Gasteiger partial charge on any atom is 0.230 e. The van der Waals surface area contributed by atoms with Crippen LogP contribution in [-0.4, -0.2) is 21.4 Å². The van der Waals surface area contributed by atoms with Gasteiger partial charge in [0.15, 0.2) is 0 Å². The van der Waals surface area contributed by atoms with Gasteiger partial charge < -0.3 is 5.32 Å². The molecule has 3 rings (SSSR count). The van der Waals surface area contributed by atoms with Crippen molar-refractivity contribution in [2.45, 2.75) is 24.8 Å². The van der Waals surface area contributed by atoms with Crippen LogP contribution in [0.3, 0.4) is 0 Å².